The fourth-order valence-electron chi connectivity index (χ4n) is 3.79. The molecule has 1 saturated carbocycles. The lowest BCUT2D eigenvalue weighted by molar-refractivity contribution is 0.107. The molecule has 1 aliphatic carbocycles. The van der Waals surface area contributed by atoms with Gasteiger partial charge in [0.1, 0.15) is 0 Å². The van der Waals surface area contributed by atoms with Crippen molar-refractivity contribution in [2.45, 2.75) is 58.8 Å². The summed E-state index contributed by atoms with van der Waals surface area (Å²) >= 11 is 0. The molecule has 2 N–H and O–H groups in total. The van der Waals surface area contributed by atoms with Crippen LogP contribution in [0.4, 0.5) is 0 Å². The van der Waals surface area contributed by atoms with E-state index in [1.165, 1.54) is 38.5 Å². The van der Waals surface area contributed by atoms with E-state index in [2.05, 4.69) is 18.7 Å². The van der Waals surface area contributed by atoms with E-state index in [0.29, 0.717) is 5.41 Å². The van der Waals surface area contributed by atoms with Gasteiger partial charge in [0, 0.05) is 32.8 Å². The minimum Gasteiger partial charge on any atom is -0.382 e. The van der Waals surface area contributed by atoms with Crippen molar-refractivity contribution in [3.05, 3.63) is 0 Å². The SMILES string of the molecule is CCOCCC1(CN=C(N)N2CCCC(C)C2)CCCC1. The summed E-state index contributed by atoms with van der Waals surface area (Å²) in [4.78, 5) is 7.06. The molecule has 1 saturated heterocycles. The Morgan fingerprint density at radius 1 is 1.33 bits per heavy atom. The third kappa shape index (κ3) is 4.87. The van der Waals surface area contributed by atoms with Gasteiger partial charge in [-0.25, -0.2) is 0 Å². The molecule has 1 atom stereocenters. The molecular weight excluding hydrogens is 262 g/mol. The zero-order valence-corrected chi connectivity index (χ0v) is 13.9. The van der Waals surface area contributed by atoms with Gasteiger partial charge >= 0.3 is 0 Å². The number of nitrogens with zero attached hydrogens (tertiary/aromatic N) is 2. The zero-order chi connectivity index (χ0) is 15.1. The van der Waals surface area contributed by atoms with Gasteiger partial charge < -0.3 is 15.4 Å². The van der Waals surface area contributed by atoms with E-state index in [1.54, 1.807) is 0 Å². The zero-order valence-electron chi connectivity index (χ0n) is 13.9. The lowest BCUT2D eigenvalue weighted by Gasteiger charge is -2.33. The monoisotopic (exact) mass is 295 g/mol. The highest BCUT2D eigenvalue weighted by atomic mass is 16.5. The van der Waals surface area contributed by atoms with Gasteiger partial charge in [-0.15, -0.1) is 0 Å². The van der Waals surface area contributed by atoms with Crippen LogP contribution in [0.1, 0.15) is 58.8 Å². The lowest BCUT2D eigenvalue weighted by atomic mass is 9.83. The van der Waals surface area contributed by atoms with Gasteiger partial charge in [-0.3, -0.25) is 4.99 Å². The molecule has 0 aromatic heterocycles. The highest BCUT2D eigenvalue weighted by Crippen LogP contribution is 2.41. The third-order valence-electron chi connectivity index (χ3n) is 5.20. The van der Waals surface area contributed by atoms with Gasteiger partial charge in [-0.05, 0) is 50.4 Å². The Morgan fingerprint density at radius 2 is 2.10 bits per heavy atom. The van der Waals surface area contributed by atoms with Crippen molar-refractivity contribution in [2.24, 2.45) is 22.1 Å². The quantitative estimate of drug-likeness (QED) is 0.465. The van der Waals surface area contributed by atoms with Crippen molar-refractivity contribution in [3.63, 3.8) is 0 Å². The molecule has 122 valence electrons. The first-order valence-corrected chi connectivity index (χ1v) is 8.78. The van der Waals surface area contributed by atoms with E-state index < -0.39 is 0 Å². The standard InChI is InChI=1S/C17H33N3O/c1-3-21-12-10-17(8-4-5-9-17)14-19-16(18)20-11-6-7-15(2)13-20/h15H,3-14H2,1-2H3,(H2,18,19). The van der Waals surface area contributed by atoms with E-state index in [9.17, 15) is 0 Å². The Hall–Kier alpha value is -0.770. The summed E-state index contributed by atoms with van der Waals surface area (Å²) in [6.45, 7) is 9.08. The van der Waals surface area contributed by atoms with E-state index in [1.807, 2.05) is 0 Å². The van der Waals surface area contributed by atoms with Crippen LogP contribution in [0.25, 0.3) is 0 Å². The maximum absolute atomic E-state index is 6.25. The van der Waals surface area contributed by atoms with E-state index in [0.717, 1.165) is 51.1 Å². The number of hydrogen-bond donors (Lipinski definition) is 1. The second kappa shape index (κ2) is 8.02. The smallest absolute Gasteiger partial charge is 0.191 e. The number of likely N-dealkylation sites (tertiary alicyclic amines) is 1. The molecule has 2 aliphatic rings. The fraction of sp³-hybridized carbons (Fsp3) is 0.941. The maximum atomic E-state index is 6.25. The molecule has 2 fully saturated rings. The molecule has 0 bridgehead atoms. The third-order valence-corrected chi connectivity index (χ3v) is 5.20. The van der Waals surface area contributed by atoms with E-state index in [4.69, 9.17) is 15.5 Å². The van der Waals surface area contributed by atoms with Crippen LogP contribution >= 0.6 is 0 Å². The van der Waals surface area contributed by atoms with Gasteiger partial charge in [-0.1, -0.05) is 19.8 Å². The van der Waals surface area contributed by atoms with Crippen LogP contribution in [0.3, 0.4) is 0 Å². The van der Waals surface area contributed by atoms with Crippen LogP contribution in [0, 0.1) is 11.3 Å². The van der Waals surface area contributed by atoms with Crippen LogP contribution in [0.2, 0.25) is 0 Å². The Balaban J connectivity index is 1.88. The van der Waals surface area contributed by atoms with Crippen LogP contribution in [-0.2, 0) is 4.74 Å². The minimum atomic E-state index is 0.348. The highest BCUT2D eigenvalue weighted by molar-refractivity contribution is 5.78. The summed E-state index contributed by atoms with van der Waals surface area (Å²) in [7, 11) is 0. The van der Waals surface area contributed by atoms with E-state index >= 15 is 0 Å². The second-order valence-electron chi connectivity index (χ2n) is 7.02. The molecule has 0 aromatic rings. The molecule has 0 amide bonds. The lowest BCUT2D eigenvalue weighted by Crippen LogP contribution is -2.44. The molecule has 1 unspecified atom stereocenters. The summed E-state index contributed by atoms with van der Waals surface area (Å²) in [6.07, 6.45) is 8.94. The molecule has 0 spiro atoms. The summed E-state index contributed by atoms with van der Waals surface area (Å²) in [5, 5.41) is 0. The Labute approximate surface area is 130 Å². The van der Waals surface area contributed by atoms with Crippen LogP contribution < -0.4 is 5.73 Å². The molecule has 0 aromatic carbocycles. The number of guanidine groups is 1. The number of rotatable bonds is 6. The first kappa shape index (κ1) is 16.6. The molecule has 1 aliphatic heterocycles. The summed E-state index contributed by atoms with van der Waals surface area (Å²) in [5.41, 5.74) is 6.60. The summed E-state index contributed by atoms with van der Waals surface area (Å²) in [5.74, 6) is 1.51. The average Bonchev–Trinajstić information content (AvgIpc) is 2.94. The molecule has 21 heavy (non-hydrogen) atoms. The van der Waals surface area contributed by atoms with Crippen LogP contribution in [0.15, 0.2) is 4.99 Å². The van der Waals surface area contributed by atoms with Gasteiger partial charge in [0.15, 0.2) is 5.96 Å². The molecule has 1 heterocycles. The van der Waals surface area contributed by atoms with Gasteiger partial charge in [0.2, 0.25) is 0 Å². The minimum absolute atomic E-state index is 0.348. The van der Waals surface area contributed by atoms with E-state index in [-0.39, 0.29) is 0 Å². The first-order chi connectivity index (χ1) is 10.2. The van der Waals surface area contributed by atoms with Gasteiger partial charge in [-0.2, -0.15) is 0 Å². The van der Waals surface area contributed by atoms with Crippen molar-refractivity contribution in [1.29, 1.82) is 0 Å². The Bertz CT molecular complexity index is 337. The number of nitrogens with two attached hydrogens (primary N) is 1. The second-order valence-corrected chi connectivity index (χ2v) is 7.02. The molecular formula is C17H33N3O. The van der Waals surface area contributed by atoms with Crippen molar-refractivity contribution in [2.75, 3.05) is 32.8 Å². The van der Waals surface area contributed by atoms with Crippen molar-refractivity contribution in [1.82, 2.24) is 4.90 Å². The number of aliphatic imine (C=N–C) groups is 1. The number of piperidine rings is 1. The first-order valence-electron chi connectivity index (χ1n) is 8.78. The van der Waals surface area contributed by atoms with Gasteiger partial charge in [0.05, 0.1) is 0 Å². The van der Waals surface area contributed by atoms with Crippen molar-refractivity contribution >= 4 is 5.96 Å². The molecule has 2 rings (SSSR count). The predicted octanol–water partition coefficient (Wildman–Crippen LogP) is 3.02. The van der Waals surface area contributed by atoms with Crippen LogP contribution in [-0.4, -0.2) is 43.7 Å². The molecule has 4 heteroatoms. The maximum Gasteiger partial charge on any atom is 0.191 e. The molecule has 4 nitrogen and oxygen atoms in total. The van der Waals surface area contributed by atoms with Crippen LogP contribution in [0.5, 0.6) is 0 Å². The van der Waals surface area contributed by atoms with Crippen molar-refractivity contribution < 1.29 is 4.74 Å². The Kier molecular flexibility index (Phi) is 6.34. The highest BCUT2D eigenvalue weighted by Gasteiger charge is 2.33. The normalized spacial score (nSPS) is 26.3. The molecule has 0 radical (unpaired) electrons. The number of ether oxygens (including phenoxy) is 1. The van der Waals surface area contributed by atoms with Crippen molar-refractivity contribution in [3.8, 4) is 0 Å². The average molecular weight is 295 g/mol. The summed E-state index contributed by atoms with van der Waals surface area (Å²) in [6, 6.07) is 0. The fourth-order valence-corrected chi connectivity index (χ4v) is 3.79. The predicted molar refractivity (Wildman–Crippen MR) is 88.5 cm³/mol. The largest absolute Gasteiger partial charge is 0.382 e. The Morgan fingerprint density at radius 3 is 2.76 bits per heavy atom. The summed E-state index contributed by atoms with van der Waals surface area (Å²) < 4.78 is 5.57. The number of hydrogen-bond acceptors (Lipinski definition) is 2. The van der Waals surface area contributed by atoms with Gasteiger partial charge in [0.25, 0.3) is 0 Å². The topological polar surface area (TPSA) is 50.9 Å².